The van der Waals surface area contributed by atoms with Crippen LogP contribution in [0.2, 0.25) is 0 Å². The Morgan fingerprint density at radius 3 is 2.55 bits per heavy atom. The molecule has 0 aliphatic rings. The molecule has 4 nitrogen and oxygen atoms in total. The van der Waals surface area contributed by atoms with Gasteiger partial charge in [0.25, 0.3) is 0 Å². The average molecular weight is 285 g/mol. The normalized spacial score (nSPS) is 15.1. The Morgan fingerprint density at radius 2 is 1.95 bits per heavy atom. The van der Waals surface area contributed by atoms with Gasteiger partial charge < -0.3 is 20.3 Å². The van der Waals surface area contributed by atoms with E-state index in [-0.39, 0.29) is 19.0 Å². The zero-order valence-electron chi connectivity index (χ0n) is 12.3. The fraction of sp³-hybridized carbons (Fsp3) is 0.600. The van der Waals surface area contributed by atoms with Gasteiger partial charge in [-0.05, 0) is 26.8 Å². The first-order valence-electron chi connectivity index (χ1n) is 6.75. The lowest BCUT2D eigenvalue weighted by Crippen LogP contribution is -2.51. The zero-order valence-corrected chi connectivity index (χ0v) is 12.3. The highest BCUT2D eigenvalue weighted by Gasteiger charge is 2.24. The van der Waals surface area contributed by atoms with E-state index in [2.05, 4.69) is 5.32 Å². The van der Waals surface area contributed by atoms with Gasteiger partial charge in [-0.2, -0.15) is 0 Å². The predicted molar refractivity (Wildman–Crippen MR) is 75.8 cm³/mol. The summed E-state index contributed by atoms with van der Waals surface area (Å²) in [5.41, 5.74) is -0.0102. The minimum atomic E-state index is -0.709. The van der Waals surface area contributed by atoms with Crippen LogP contribution < -0.4 is 5.32 Å². The van der Waals surface area contributed by atoms with Crippen molar-refractivity contribution in [1.82, 2.24) is 5.32 Å². The number of hydrogen-bond acceptors (Lipinski definition) is 4. The number of β-amino-alcohol motifs (C(OH)–C–C–N with tert-alkyl or cyclic N) is 1. The van der Waals surface area contributed by atoms with Crippen molar-refractivity contribution in [1.29, 1.82) is 0 Å². The maximum atomic E-state index is 13.3. The average Bonchev–Trinajstić information content (AvgIpc) is 2.38. The van der Waals surface area contributed by atoms with Gasteiger partial charge in [-0.25, -0.2) is 4.39 Å². The Bertz CT molecular complexity index is 410. The van der Waals surface area contributed by atoms with E-state index in [1.165, 1.54) is 6.07 Å². The van der Waals surface area contributed by atoms with Crippen molar-refractivity contribution in [2.24, 2.45) is 0 Å². The van der Waals surface area contributed by atoms with Crippen molar-refractivity contribution in [2.45, 2.75) is 45.1 Å². The Kier molecular flexibility index (Phi) is 6.55. The summed E-state index contributed by atoms with van der Waals surface area (Å²) in [4.78, 5) is 0. The topological polar surface area (TPSA) is 61.7 Å². The molecular weight excluding hydrogens is 261 g/mol. The van der Waals surface area contributed by atoms with Crippen LogP contribution in [-0.2, 0) is 11.3 Å². The number of halogens is 1. The van der Waals surface area contributed by atoms with Crippen LogP contribution in [-0.4, -0.2) is 41.1 Å². The second-order valence-electron chi connectivity index (χ2n) is 5.54. The van der Waals surface area contributed by atoms with Crippen molar-refractivity contribution >= 4 is 0 Å². The smallest absolute Gasteiger partial charge is 0.128 e. The molecule has 0 saturated heterocycles. The molecule has 0 amide bonds. The molecule has 1 aromatic rings. The molecular formula is C15H24FNO3. The number of hydrogen-bond donors (Lipinski definition) is 3. The minimum absolute atomic E-state index is 0.108. The summed E-state index contributed by atoms with van der Waals surface area (Å²) in [7, 11) is 0. The monoisotopic (exact) mass is 285 g/mol. The third kappa shape index (κ3) is 5.54. The van der Waals surface area contributed by atoms with Gasteiger partial charge in [0, 0.05) is 17.6 Å². The van der Waals surface area contributed by atoms with Crippen molar-refractivity contribution in [2.75, 3.05) is 13.2 Å². The first kappa shape index (κ1) is 17.0. The lowest BCUT2D eigenvalue weighted by molar-refractivity contribution is 0.0175. The molecule has 0 heterocycles. The number of nitrogens with one attached hydrogen (secondary N) is 1. The third-order valence-corrected chi connectivity index (χ3v) is 3.36. The van der Waals surface area contributed by atoms with Gasteiger partial charge in [-0.3, -0.25) is 0 Å². The van der Waals surface area contributed by atoms with Crippen LogP contribution in [0.5, 0.6) is 0 Å². The van der Waals surface area contributed by atoms with Crippen LogP contribution in [0.3, 0.4) is 0 Å². The standard InChI is InChI=1S/C15H24FNO3/c1-11(18)15(2,3)17-8-13(19)10-20-9-12-6-4-5-7-14(12)16/h4-7,11,13,17-19H,8-10H2,1-3H3. The molecule has 0 bridgehead atoms. The van der Waals surface area contributed by atoms with Crippen molar-refractivity contribution in [3.05, 3.63) is 35.6 Å². The van der Waals surface area contributed by atoms with E-state index in [0.717, 1.165) is 0 Å². The molecule has 20 heavy (non-hydrogen) atoms. The molecule has 1 rings (SSSR count). The molecule has 5 heteroatoms. The predicted octanol–water partition coefficient (Wildman–Crippen LogP) is 1.45. The van der Waals surface area contributed by atoms with E-state index < -0.39 is 17.7 Å². The fourth-order valence-electron chi connectivity index (χ4n) is 1.51. The number of aliphatic hydroxyl groups is 2. The molecule has 1 aromatic carbocycles. The third-order valence-electron chi connectivity index (χ3n) is 3.36. The maximum Gasteiger partial charge on any atom is 0.128 e. The number of rotatable bonds is 8. The second kappa shape index (κ2) is 7.69. The largest absolute Gasteiger partial charge is 0.392 e. The van der Waals surface area contributed by atoms with E-state index in [4.69, 9.17) is 4.74 Å². The Labute approximate surface area is 119 Å². The molecule has 0 spiro atoms. The van der Waals surface area contributed by atoms with Crippen LogP contribution in [0.4, 0.5) is 4.39 Å². The Balaban J connectivity index is 2.27. The van der Waals surface area contributed by atoms with Crippen LogP contribution in [0.1, 0.15) is 26.3 Å². The summed E-state index contributed by atoms with van der Waals surface area (Å²) in [6.07, 6.45) is -1.24. The summed E-state index contributed by atoms with van der Waals surface area (Å²) in [5.74, 6) is -0.310. The molecule has 2 unspecified atom stereocenters. The van der Waals surface area contributed by atoms with Crippen LogP contribution >= 0.6 is 0 Å². The molecule has 0 aliphatic heterocycles. The van der Waals surface area contributed by atoms with Crippen LogP contribution in [0.15, 0.2) is 24.3 Å². The van der Waals surface area contributed by atoms with Gasteiger partial charge in [-0.1, -0.05) is 18.2 Å². The highest BCUT2D eigenvalue weighted by molar-refractivity contribution is 5.16. The molecule has 0 radical (unpaired) electrons. The quantitative estimate of drug-likeness (QED) is 0.676. The summed E-state index contributed by atoms with van der Waals surface area (Å²) < 4.78 is 18.6. The SMILES string of the molecule is CC(O)C(C)(C)NCC(O)COCc1ccccc1F. The van der Waals surface area contributed by atoms with Gasteiger partial charge in [0.15, 0.2) is 0 Å². The van der Waals surface area contributed by atoms with E-state index in [1.807, 2.05) is 13.8 Å². The number of benzene rings is 1. The minimum Gasteiger partial charge on any atom is -0.392 e. The molecule has 3 N–H and O–H groups in total. The summed E-state index contributed by atoms with van der Waals surface area (Å²) in [6.45, 7) is 5.93. The fourth-order valence-corrected chi connectivity index (χ4v) is 1.51. The highest BCUT2D eigenvalue weighted by atomic mass is 19.1. The van der Waals surface area contributed by atoms with Gasteiger partial charge >= 0.3 is 0 Å². The number of ether oxygens (including phenoxy) is 1. The lowest BCUT2D eigenvalue weighted by atomic mass is 9.99. The molecule has 0 fully saturated rings. The van der Waals surface area contributed by atoms with Gasteiger partial charge in [0.05, 0.1) is 25.4 Å². The summed E-state index contributed by atoms with van der Waals surface area (Å²) >= 11 is 0. The van der Waals surface area contributed by atoms with Gasteiger partial charge in [-0.15, -0.1) is 0 Å². The van der Waals surface area contributed by atoms with E-state index >= 15 is 0 Å². The number of aliphatic hydroxyl groups excluding tert-OH is 2. The van der Waals surface area contributed by atoms with Crippen molar-refractivity contribution < 1.29 is 19.3 Å². The molecule has 0 aromatic heterocycles. The lowest BCUT2D eigenvalue weighted by Gasteiger charge is -2.30. The van der Waals surface area contributed by atoms with E-state index in [9.17, 15) is 14.6 Å². The zero-order chi connectivity index (χ0) is 15.2. The maximum absolute atomic E-state index is 13.3. The van der Waals surface area contributed by atoms with E-state index in [0.29, 0.717) is 12.1 Å². The molecule has 2 atom stereocenters. The molecule has 114 valence electrons. The van der Waals surface area contributed by atoms with Crippen molar-refractivity contribution in [3.63, 3.8) is 0 Å². The van der Waals surface area contributed by atoms with E-state index in [1.54, 1.807) is 25.1 Å². The summed E-state index contributed by atoms with van der Waals surface area (Å²) in [5, 5.41) is 22.4. The highest BCUT2D eigenvalue weighted by Crippen LogP contribution is 2.09. The van der Waals surface area contributed by atoms with Crippen LogP contribution in [0.25, 0.3) is 0 Å². The van der Waals surface area contributed by atoms with Crippen LogP contribution in [0, 0.1) is 5.82 Å². The molecule has 0 aliphatic carbocycles. The Morgan fingerprint density at radius 1 is 1.30 bits per heavy atom. The van der Waals surface area contributed by atoms with Gasteiger partial charge in [0.2, 0.25) is 0 Å². The summed E-state index contributed by atoms with van der Waals surface area (Å²) in [6, 6.07) is 6.39. The first-order valence-corrected chi connectivity index (χ1v) is 6.75. The second-order valence-corrected chi connectivity index (χ2v) is 5.54. The van der Waals surface area contributed by atoms with Gasteiger partial charge in [0.1, 0.15) is 5.82 Å². The Hall–Kier alpha value is -1.01. The first-order chi connectivity index (χ1) is 9.33. The molecule has 0 saturated carbocycles. The van der Waals surface area contributed by atoms with Crippen molar-refractivity contribution in [3.8, 4) is 0 Å².